The molecule has 0 aliphatic carbocycles. The number of aromatic hydroxyl groups is 1. The van der Waals surface area contributed by atoms with Crippen molar-refractivity contribution < 1.29 is 9.90 Å². The maximum Gasteiger partial charge on any atom is 0.267 e. The van der Waals surface area contributed by atoms with Gasteiger partial charge in [-0.25, -0.2) is 0 Å². The largest absolute Gasteiger partial charge is 0.506 e. The van der Waals surface area contributed by atoms with Gasteiger partial charge in [0, 0.05) is 30.5 Å². The number of carbonyl (C=O) groups excluding carboxylic acids is 1. The Morgan fingerprint density at radius 1 is 1.18 bits per heavy atom. The van der Waals surface area contributed by atoms with E-state index in [1.807, 2.05) is 0 Å². The van der Waals surface area contributed by atoms with Crippen LogP contribution in [0.1, 0.15) is 10.4 Å². The van der Waals surface area contributed by atoms with Crippen molar-refractivity contribution in [3.63, 3.8) is 0 Å². The maximum atomic E-state index is 12.4. The van der Waals surface area contributed by atoms with Crippen LogP contribution in [0.15, 0.2) is 53.6 Å². The van der Waals surface area contributed by atoms with Gasteiger partial charge in [-0.2, -0.15) is 0 Å². The van der Waals surface area contributed by atoms with Crippen LogP contribution >= 0.6 is 0 Å². The number of nitrogens with zero attached hydrogens (tertiary/aromatic N) is 2. The minimum absolute atomic E-state index is 0.280. The number of carbonyl (C=O) groups is 1. The lowest BCUT2D eigenvalue weighted by atomic mass is 10.1. The second kappa shape index (κ2) is 5.33. The smallest absolute Gasteiger partial charge is 0.267 e. The van der Waals surface area contributed by atoms with Crippen LogP contribution in [0.4, 0.5) is 5.69 Å². The lowest BCUT2D eigenvalue weighted by Gasteiger charge is -2.11. The molecule has 1 amide bonds. The number of rotatable bonds is 2. The summed E-state index contributed by atoms with van der Waals surface area (Å²) in [4.78, 5) is 28.6. The Morgan fingerprint density at radius 2 is 1.86 bits per heavy atom. The van der Waals surface area contributed by atoms with E-state index in [4.69, 9.17) is 0 Å². The molecule has 0 saturated carbocycles. The molecule has 0 unspecified atom stereocenters. The fourth-order valence-corrected chi connectivity index (χ4v) is 2.31. The molecule has 0 spiro atoms. The predicted molar refractivity (Wildman–Crippen MR) is 83.0 cm³/mol. The zero-order valence-electron chi connectivity index (χ0n) is 11.8. The number of para-hydroxylation sites is 1. The van der Waals surface area contributed by atoms with Crippen molar-refractivity contribution in [1.82, 2.24) is 9.55 Å². The number of amides is 1. The van der Waals surface area contributed by atoms with Crippen molar-refractivity contribution in [3.8, 4) is 5.75 Å². The third kappa shape index (κ3) is 2.20. The summed E-state index contributed by atoms with van der Waals surface area (Å²) in [5.41, 5.74) is 0.223. The Balaban J connectivity index is 2.15. The molecule has 0 fully saturated rings. The van der Waals surface area contributed by atoms with Crippen LogP contribution in [-0.2, 0) is 7.05 Å². The van der Waals surface area contributed by atoms with Crippen LogP contribution < -0.4 is 10.9 Å². The third-order valence-electron chi connectivity index (χ3n) is 3.44. The number of aryl methyl sites for hydroxylation is 1. The summed E-state index contributed by atoms with van der Waals surface area (Å²) in [6.07, 6.45) is 3.04. The number of nitrogens with one attached hydrogen (secondary N) is 1. The number of aromatic nitrogens is 2. The van der Waals surface area contributed by atoms with E-state index in [1.165, 1.54) is 17.0 Å². The minimum atomic E-state index is -0.657. The quantitative estimate of drug-likeness (QED) is 0.756. The summed E-state index contributed by atoms with van der Waals surface area (Å²) in [7, 11) is 1.56. The number of fused-ring (bicyclic) bond motifs is 1. The fourth-order valence-electron chi connectivity index (χ4n) is 2.31. The fraction of sp³-hybridized carbons (Fsp3) is 0.0625. The van der Waals surface area contributed by atoms with Gasteiger partial charge in [-0.15, -0.1) is 0 Å². The lowest BCUT2D eigenvalue weighted by Crippen LogP contribution is -2.28. The molecule has 0 radical (unpaired) electrons. The van der Waals surface area contributed by atoms with E-state index in [1.54, 1.807) is 43.4 Å². The van der Waals surface area contributed by atoms with E-state index in [2.05, 4.69) is 10.3 Å². The molecule has 3 aromatic rings. The van der Waals surface area contributed by atoms with Crippen LogP contribution in [-0.4, -0.2) is 20.6 Å². The van der Waals surface area contributed by atoms with Crippen LogP contribution in [0.5, 0.6) is 5.75 Å². The second-order valence-corrected chi connectivity index (χ2v) is 4.79. The molecule has 2 aromatic heterocycles. The number of benzene rings is 1. The molecule has 1 aromatic carbocycles. The topological polar surface area (TPSA) is 84.2 Å². The molecule has 0 aliphatic rings. The number of pyridine rings is 2. The third-order valence-corrected chi connectivity index (χ3v) is 3.44. The van der Waals surface area contributed by atoms with Gasteiger partial charge in [-0.1, -0.05) is 12.1 Å². The summed E-state index contributed by atoms with van der Waals surface area (Å²) in [5.74, 6) is -0.972. The Hall–Kier alpha value is -3.15. The summed E-state index contributed by atoms with van der Waals surface area (Å²) >= 11 is 0. The molecule has 0 saturated heterocycles. The minimum Gasteiger partial charge on any atom is -0.506 e. The lowest BCUT2D eigenvalue weighted by molar-refractivity contribution is 0.102. The standard InChI is InChI=1S/C16H13N3O3/c1-19-12-5-3-2-4-11(12)14(20)13(16(19)22)15(21)18-10-6-8-17-9-7-10/h2-9,20H,1H3,(H,17,18,21). The molecule has 6 heteroatoms. The first-order valence-electron chi connectivity index (χ1n) is 6.61. The molecule has 2 heterocycles. The van der Waals surface area contributed by atoms with Crippen LogP contribution in [0, 0.1) is 0 Å². The highest BCUT2D eigenvalue weighted by molar-refractivity contribution is 6.09. The van der Waals surface area contributed by atoms with Gasteiger partial charge in [0.2, 0.25) is 0 Å². The van der Waals surface area contributed by atoms with Gasteiger partial charge in [0.1, 0.15) is 11.3 Å². The summed E-state index contributed by atoms with van der Waals surface area (Å²) < 4.78 is 1.34. The maximum absolute atomic E-state index is 12.4. The molecule has 6 nitrogen and oxygen atoms in total. The van der Waals surface area contributed by atoms with Gasteiger partial charge in [-0.3, -0.25) is 14.6 Å². The Morgan fingerprint density at radius 3 is 2.59 bits per heavy atom. The van der Waals surface area contributed by atoms with Gasteiger partial charge in [0.25, 0.3) is 11.5 Å². The van der Waals surface area contributed by atoms with Crippen LogP contribution in [0.25, 0.3) is 10.9 Å². The van der Waals surface area contributed by atoms with E-state index in [-0.39, 0.29) is 11.3 Å². The molecular weight excluding hydrogens is 282 g/mol. The zero-order chi connectivity index (χ0) is 15.7. The van der Waals surface area contributed by atoms with Crippen molar-refractivity contribution in [1.29, 1.82) is 0 Å². The molecule has 3 rings (SSSR count). The number of hydrogen-bond donors (Lipinski definition) is 2. The average molecular weight is 295 g/mol. The summed E-state index contributed by atoms with van der Waals surface area (Å²) in [6.45, 7) is 0. The molecule has 110 valence electrons. The van der Waals surface area contributed by atoms with Crippen molar-refractivity contribution in [2.45, 2.75) is 0 Å². The van der Waals surface area contributed by atoms with Gasteiger partial charge >= 0.3 is 0 Å². The van der Waals surface area contributed by atoms with Crippen molar-refractivity contribution >= 4 is 22.5 Å². The Labute approximate surface area is 125 Å². The highest BCUT2D eigenvalue weighted by Crippen LogP contribution is 2.26. The summed E-state index contributed by atoms with van der Waals surface area (Å²) in [6, 6.07) is 10.1. The van der Waals surface area contributed by atoms with Crippen molar-refractivity contribution in [2.75, 3.05) is 5.32 Å². The zero-order valence-corrected chi connectivity index (χ0v) is 11.8. The first kappa shape index (κ1) is 13.8. The molecule has 0 atom stereocenters. The molecule has 0 aliphatic heterocycles. The molecule has 22 heavy (non-hydrogen) atoms. The average Bonchev–Trinajstić information content (AvgIpc) is 2.54. The highest BCUT2D eigenvalue weighted by atomic mass is 16.3. The van der Waals surface area contributed by atoms with E-state index in [0.29, 0.717) is 16.6 Å². The van der Waals surface area contributed by atoms with Crippen molar-refractivity contribution in [2.24, 2.45) is 7.05 Å². The van der Waals surface area contributed by atoms with Gasteiger partial charge in [-0.05, 0) is 24.3 Å². The van der Waals surface area contributed by atoms with Gasteiger partial charge in [0.15, 0.2) is 0 Å². The van der Waals surface area contributed by atoms with Crippen LogP contribution in [0.3, 0.4) is 0 Å². The second-order valence-electron chi connectivity index (χ2n) is 4.79. The molecule has 2 N–H and O–H groups in total. The van der Waals surface area contributed by atoms with E-state index < -0.39 is 11.5 Å². The monoisotopic (exact) mass is 295 g/mol. The first-order chi connectivity index (χ1) is 10.6. The van der Waals surface area contributed by atoms with Crippen LogP contribution in [0.2, 0.25) is 0 Å². The van der Waals surface area contributed by atoms with E-state index in [9.17, 15) is 14.7 Å². The number of hydrogen-bond acceptors (Lipinski definition) is 4. The SMILES string of the molecule is Cn1c(=O)c(C(=O)Nc2ccncc2)c(O)c2ccccc21. The van der Waals surface area contributed by atoms with Gasteiger partial charge in [0.05, 0.1) is 5.52 Å². The first-order valence-corrected chi connectivity index (χ1v) is 6.61. The molecule has 0 bridgehead atoms. The van der Waals surface area contributed by atoms with Crippen molar-refractivity contribution in [3.05, 3.63) is 64.7 Å². The normalized spacial score (nSPS) is 10.6. The Kier molecular flexibility index (Phi) is 3.34. The predicted octanol–water partition coefficient (Wildman–Crippen LogP) is 1.89. The number of anilines is 1. The molecular formula is C16H13N3O3. The Bertz CT molecular complexity index is 917. The van der Waals surface area contributed by atoms with Gasteiger partial charge < -0.3 is 15.0 Å². The van der Waals surface area contributed by atoms with E-state index >= 15 is 0 Å². The highest BCUT2D eigenvalue weighted by Gasteiger charge is 2.20. The van der Waals surface area contributed by atoms with E-state index in [0.717, 1.165) is 0 Å². The summed E-state index contributed by atoms with van der Waals surface area (Å²) in [5, 5.41) is 13.3.